The Morgan fingerprint density at radius 2 is 1.69 bits per heavy atom. The SMILES string of the molecule is Cc1cccc(C(=O)Oc2ccc3ccccc3c2/C=N/NC(=O)c2ccc(F)cc2)c1. The summed E-state index contributed by atoms with van der Waals surface area (Å²) < 4.78 is 18.7. The summed E-state index contributed by atoms with van der Waals surface area (Å²) in [5.74, 6) is -1.09. The fourth-order valence-corrected chi connectivity index (χ4v) is 3.25. The van der Waals surface area contributed by atoms with Gasteiger partial charge in [-0.1, -0.05) is 48.0 Å². The highest BCUT2D eigenvalue weighted by atomic mass is 19.1. The van der Waals surface area contributed by atoms with Gasteiger partial charge in [-0.05, 0) is 60.2 Å². The average Bonchev–Trinajstić information content (AvgIpc) is 2.80. The van der Waals surface area contributed by atoms with Crippen LogP contribution in [0.4, 0.5) is 4.39 Å². The Bertz CT molecular complexity index is 1330. The first-order chi connectivity index (χ1) is 15.5. The third kappa shape index (κ3) is 4.70. The molecule has 4 aromatic carbocycles. The molecule has 0 bridgehead atoms. The summed E-state index contributed by atoms with van der Waals surface area (Å²) in [4.78, 5) is 24.9. The van der Waals surface area contributed by atoms with Gasteiger partial charge >= 0.3 is 5.97 Å². The van der Waals surface area contributed by atoms with Gasteiger partial charge in [0.25, 0.3) is 5.91 Å². The number of fused-ring (bicyclic) bond motifs is 1. The normalized spacial score (nSPS) is 10.9. The molecular weight excluding hydrogens is 407 g/mol. The van der Waals surface area contributed by atoms with Gasteiger partial charge in [-0.25, -0.2) is 14.6 Å². The number of benzene rings is 4. The molecule has 0 heterocycles. The molecule has 0 spiro atoms. The molecule has 0 unspecified atom stereocenters. The molecule has 158 valence electrons. The van der Waals surface area contributed by atoms with Crippen molar-refractivity contribution in [3.05, 3.63) is 113 Å². The van der Waals surface area contributed by atoms with Crippen LogP contribution in [0.3, 0.4) is 0 Å². The molecule has 0 saturated carbocycles. The lowest BCUT2D eigenvalue weighted by Gasteiger charge is -2.11. The molecule has 5 nitrogen and oxygen atoms in total. The summed E-state index contributed by atoms with van der Waals surface area (Å²) in [6, 6.07) is 23.4. The maximum atomic E-state index is 13.1. The fraction of sp³-hybridized carbons (Fsp3) is 0.0385. The molecular formula is C26H19FN2O3. The van der Waals surface area contributed by atoms with E-state index in [1.165, 1.54) is 30.5 Å². The lowest BCUT2D eigenvalue weighted by Crippen LogP contribution is -2.17. The Hall–Kier alpha value is -4.32. The quantitative estimate of drug-likeness (QED) is 0.205. The number of ether oxygens (including phenoxy) is 1. The van der Waals surface area contributed by atoms with Crippen LogP contribution in [-0.4, -0.2) is 18.1 Å². The molecule has 32 heavy (non-hydrogen) atoms. The highest BCUT2D eigenvalue weighted by Crippen LogP contribution is 2.27. The number of hydrazone groups is 1. The molecule has 4 aromatic rings. The smallest absolute Gasteiger partial charge is 0.343 e. The van der Waals surface area contributed by atoms with Crippen LogP contribution >= 0.6 is 0 Å². The second-order valence-electron chi connectivity index (χ2n) is 7.16. The van der Waals surface area contributed by atoms with E-state index in [9.17, 15) is 14.0 Å². The third-order valence-corrected chi connectivity index (χ3v) is 4.85. The van der Waals surface area contributed by atoms with Crippen LogP contribution < -0.4 is 10.2 Å². The number of amides is 1. The maximum absolute atomic E-state index is 13.1. The second kappa shape index (κ2) is 9.22. The van der Waals surface area contributed by atoms with E-state index in [1.54, 1.807) is 24.3 Å². The van der Waals surface area contributed by atoms with Crippen molar-refractivity contribution >= 4 is 28.9 Å². The summed E-state index contributed by atoms with van der Waals surface area (Å²) >= 11 is 0. The third-order valence-electron chi connectivity index (χ3n) is 4.85. The molecule has 0 aliphatic heterocycles. The monoisotopic (exact) mass is 426 g/mol. The van der Waals surface area contributed by atoms with E-state index in [0.717, 1.165) is 16.3 Å². The molecule has 0 fully saturated rings. The predicted octanol–water partition coefficient (Wildman–Crippen LogP) is 5.27. The molecule has 1 N–H and O–H groups in total. The minimum Gasteiger partial charge on any atom is -0.422 e. The van der Waals surface area contributed by atoms with Crippen molar-refractivity contribution < 1.29 is 18.7 Å². The Morgan fingerprint density at radius 1 is 0.906 bits per heavy atom. The number of halogens is 1. The second-order valence-corrected chi connectivity index (χ2v) is 7.16. The number of aryl methyl sites for hydroxylation is 1. The van der Waals surface area contributed by atoms with E-state index in [2.05, 4.69) is 10.5 Å². The predicted molar refractivity (Wildman–Crippen MR) is 122 cm³/mol. The minimum atomic E-state index is -0.492. The van der Waals surface area contributed by atoms with Gasteiger partial charge in [0.05, 0.1) is 11.8 Å². The number of carbonyl (C=O) groups is 2. The highest BCUT2D eigenvalue weighted by molar-refractivity contribution is 6.04. The van der Waals surface area contributed by atoms with Crippen LogP contribution in [0.25, 0.3) is 10.8 Å². The van der Waals surface area contributed by atoms with Crippen molar-refractivity contribution in [2.24, 2.45) is 5.10 Å². The van der Waals surface area contributed by atoms with Crippen molar-refractivity contribution in [1.82, 2.24) is 5.43 Å². The van der Waals surface area contributed by atoms with Gasteiger partial charge in [0.2, 0.25) is 0 Å². The summed E-state index contributed by atoms with van der Waals surface area (Å²) in [7, 11) is 0. The van der Waals surface area contributed by atoms with E-state index >= 15 is 0 Å². The minimum absolute atomic E-state index is 0.271. The van der Waals surface area contributed by atoms with Crippen LogP contribution in [0, 0.1) is 12.7 Å². The first kappa shape index (κ1) is 20.9. The summed E-state index contributed by atoms with van der Waals surface area (Å²) in [6.45, 7) is 1.90. The number of nitrogens with one attached hydrogen (secondary N) is 1. The largest absolute Gasteiger partial charge is 0.422 e. The van der Waals surface area contributed by atoms with Crippen LogP contribution in [0.5, 0.6) is 5.75 Å². The van der Waals surface area contributed by atoms with Crippen molar-refractivity contribution in [1.29, 1.82) is 0 Å². The standard InChI is InChI=1S/C26H19FN2O3/c1-17-5-4-7-20(15-17)26(31)32-24-14-11-18-6-2-3-8-22(18)23(24)16-28-29-25(30)19-9-12-21(27)13-10-19/h2-16H,1H3,(H,29,30)/b28-16+. The Balaban J connectivity index is 1.62. The van der Waals surface area contributed by atoms with Gasteiger partial charge in [-0.15, -0.1) is 0 Å². The summed E-state index contributed by atoms with van der Waals surface area (Å²) in [5, 5.41) is 5.77. The van der Waals surface area contributed by atoms with Crippen LogP contribution in [-0.2, 0) is 0 Å². The summed E-state index contributed by atoms with van der Waals surface area (Å²) in [5.41, 5.74) is 4.62. The average molecular weight is 426 g/mol. The van der Waals surface area contributed by atoms with Crippen LogP contribution in [0.1, 0.15) is 31.8 Å². The maximum Gasteiger partial charge on any atom is 0.343 e. The topological polar surface area (TPSA) is 67.8 Å². The molecule has 4 rings (SSSR count). The summed E-state index contributed by atoms with van der Waals surface area (Å²) in [6.07, 6.45) is 1.43. The van der Waals surface area contributed by atoms with E-state index < -0.39 is 17.7 Å². The molecule has 0 aliphatic rings. The fourth-order valence-electron chi connectivity index (χ4n) is 3.25. The number of hydrogen-bond donors (Lipinski definition) is 1. The van der Waals surface area contributed by atoms with Crippen LogP contribution in [0.2, 0.25) is 0 Å². The molecule has 0 aromatic heterocycles. The van der Waals surface area contributed by atoms with Crippen molar-refractivity contribution in [3.63, 3.8) is 0 Å². The van der Waals surface area contributed by atoms with Gasteiger partial charge in [0.1, 0.15) is 11.6 Å². The lowest BCUT2D eigenvalue weighted by atomic mass is 10.0. The van der Waals surface area contributed by atoms with E-state index in [0.29, 0.717) is 16.9 Å². The number of esters is 1. The van der Waals surface area contributed by atoms with Crippen molar-refractivity contribution in [2.75, 3.05) is 0 Å². The van der Waals surface area contributed by atoms with E-state index in [1.807, 2.05) is 43.3 Å². The Labute approximate surface area is 184 Å². The number of nitrogens with zero attached hydrogens (tertiary/aromatic N) is 1. The van der Waals surface area contributed by atoms with Crippen LogP contribution in [0.15, 0.2) is 90.0 Å². The first-order valence-corrected chi connectivity index (χ1v) is 9.91. The molecule has 6 heteroatoms. The zero-order valence-corrected chi connectivity index (χ0v) is 17.2. The van der Waals surface area contributed by atoms with Gasteiger partial charge in [-0.3, -0.25) is 4.79 Å². The zero-order valence-electron chi connectivity index (χ0n) is 17.2. The van der Waals surface area contributed by atoms with E-state index in [4.69, 9.17) is 4.74 Å². The first-order valence-electron chi connectivity index (χ1n) is 9.91. The van der Waals surface area contributed by atoms with E-state index in [-0.39, 0.29) is 5.56 Å². The molecule has 0 aliphatic carbocycles. The van der Waals surface area contributed by atoms with Crippen molar-refractivity contribution in [3.8, 4) is 5.75 Å². The van der Waals surface area contributed by atoms with Gasteiger partial charge in [0.15, 0.2) is 0 Å². The van der Waals surface area contributed by atoms with Crippen molar-refractivity contribution in [2.45, 2.75) is 6.92 Å². The Morgan fingerprint density at radius 3 is 2.47 bits per heavy atom. The molecule has 1 amide bonds. The number of hydrogen-bond acceptors (Lipinski definition) is 4. The molecule has 0 radical (unpaired) electrons. The molecule has 0 saturated heterocycles. The lowest BCUT2D eigenvalue weighted by molar-refractivity contribution is 0.0734. The Kier molecular flexibility index (Phi) is 6.03. The van der Waals surface area contributed by atoms with Gasteiger partial charge in [-0.2, -0.15) is 5.10 Å². The van der Waals surface area contributed by atoms with Gasteiger partial charge < -0.3 is 4.74 Å². The molecule has 0 atom stereocenters. The number of rotatable bonds is 5. The highest BCUT2D eigenvalue weighted by Gasteiger charge is 2.14. The number of carbonyl (C=O) groups excluding carboxylic acids is 2. The van der Waals surface area contributed by atoms with Gasteiger partial charge in [0, 0.05) is 11.1 Å². The zero-order chi connectivity index (χ0) is 22.5.